The van der Waals surface area contributed by atoms with Crippen molar-refractivity contribution in [3.63, 3.8) is 0 Å². The minimum absolute atomic E-state index is 0.00608. The van der Waals surface area contributed by atoms with E-state index in [0.717, 1.165) is 22.3 Å². The summed E-state index contributed by atoms with van der Waals surface area (Å²) in [4.78, 5) is 36.1. The second-order valence-electron chi connectivity index (χ2n) is 9.17. The number of hydrogen-bond acceptors (Lipinski definition) is 4. The number of carboxylic acid groups (broad SMARTS) is 1. The molecule has 1 aliphatic rings. The zero-order valence-corrected chi connectivity index (χ0v) is 20.0. The van der Waals surface area contributed by atoms with Crippen LogP contribution < -0.4 is 10.6 Å². The molecule has 0 bridgehead atoms. The SMILES string of the molecule is CCC(CNC(=O)C(CNC(=O)OCC1c2ccccc2-c2ccccc21)C(C)C)CC(=O)O. The van der Waals surface area contributed by atoms with E-state index in [1.807, 2.05) is 45.0 Å². The van der Waals surface area contributed by atoms with Crippen molar-refractivity contribution in [3.05, 3.63) is 59.7 Å². The predicted molar refractivity (Wildman–Crippen MR) is 130 cm³/mol. The molecule has 0 heterocycles. The number of amides is 2. The van der Waals surface area contributed by atoms with Gasteiger partial charge in [0.1, 0.15) is 6.61 Å². The zero-order chi connectivity index (χ0) is 24.7. The molecule has 3 rings (SSSR count). The summed E-state index contributed by atoms with van der Waals surface area (Å²) in [5, 5.41) is 14.6. The molecule has 0 aliphatic heterocycles. The number of carbonyl (C=O) groups is 3. The largest absolute Gasteiger partial charge is 0.481 e. The monoisotopic (exact) mass is 466 g/mol. The van der Waals surface area contributed by atoms with Gasteiger partial charge < -0.3 is 20.5 Å². The fraction of sp³-hybridized carbons (Fsp3) is 0.444. The Bertz CT molecular complexity index is 974. The number of ether oxygens (including phenoxy) is 1. The Kier molecular flexibility index (Phi) is 8.68. The molecule has 0 saturated heterocycles. The maximum absolute atomic E-state index is 12.7. The summed E-state index contributed by atoms with van der Waals surface area (Å²) in [5.74, 6) is -1.67. The molecule has 0 aromatic heterocycles. The van der Waals surface area contributed by atoms with Crippen LogP contribution in [-0.4, -0.2) is 42.8 Å². The van der Waals surface area contributed by atoms with E-state index < -0.39 is 18.0 Å². The molecule has 0 saturated carbocycles. The van der Waals surface area contributed by atoms with E-state index in [9.17, 15) is 14.4 Å². The van der Waals surface area contributed by atoms with Gasteiger partial charge in [-0.25, -0.2) is 4.79 Å². The molecule has 0 spiro atoms. The summed E-state index contributed by atoms with van der Waals surface area (Å²) in [6, 6.07) is 16.3. The Morgan fingerprint density at radius 3 is 2.06 bits per heavy atom. The number of nitrogens with one attached hydrogen (secondary N) is 2. The molecule has 182 valence electrons. The number of aliphatic carboxylic acids is 1. The van der Waals surface area contributed by atoms with Gasteiger partial charge in [-0.05, 0) is 34.1 Å². The number of hydrogen-bond donors (Lipinski definition) is 3. The molecule has 7 heteroatoms. The third kappa shape index (κ3) is 6.16. The highest BCUT2D eigenvalue weighted by Crippen LogP contribution is 2.44. The van der Waals surface area contributed by atoms with E-state index in [2.05, 4.69) is 34.9 Å². The third-order valence-corrected chi connectivity index (χ3v) is 6.56. The summed E-state index contributed by atoms with van der Waals surface area (Å²) in [6.45, 7) is 6.40. The Balaban J connectivity index is 1.53. The highest BCUT2D eigenvalue weighted by atomic mass is 16.5. The molecule has 34 heavy (non-hydrogen) atoms. The van der Waals surface area contributed by atoms with Crippen molar-refractivity contribution in [2.24, 2.45) is 17.8 Å². The fourth-order valence-corrected chi connectivity index (χ4v) is 4.46. The van der Waals surface area contributed by atoms with Gasteiger partial charge in [-0.1, -0.05) is 75.7 Å². The molecule has 2 unspecified atom stereocenters. The van der Waals surface area contributed by atoms with Crippen LogP contribution in [0.5, 0.6) is 0 Å². The van der Waals surface area contributed by atoms with Crippen LogP contribution in [0.2, 0.25) is 0 Å². The van der Waals surface area contributed by atoms with Gasteiger partial charge in [-0.3, -0.25) is 9.59 Å². The first-order chi connectivity index (χ1) is 16.3. The number of benzene rings is 2. The molecule has 0 fully saturated rings. The molecular formula is C27H34N2O5. The van der Waals surface area contributed by atoms with Gasteiger partial charge in [0.05, 0.1) is 5.92 Å². The molecule has 2 amide bonds. The van der Waals surface area contributed by atoms with Gasteiger partial charge in [0.25, 0.3) is 0 Å². The minimum Gasteiger partial charge on any atom is -0.481 e. The van der Waals surface area contributed by atoms with E-state index in [-0.39, 0.29) is 43.2 Å². The van der Waals surface area contributed by atoms with Crippen molar-refractivity contribution in [1.29, 1.82) is 0 Å². The number of fused-ring (bicyclic) bond motifs is 3. The lowest BCUT2D eigenvalue weighted by molar-refractivity contribution is -0.138. The standard InChI is InChI=1S/C27H34N2O5/c1-4-18(13-25(30)31)14-28-26(32)23(17(2)3)15-29-27(33)34-16-24-21-11-7-5-9-19(21)20-10-6-8-12-22(20)24/h5-12,17-18,23-24H,4,13-16H2,1-3H3,(H,28,32)(H,29,33)(H,30,31). The van der Waals surface area contributed by atoms with Crippen molar-refractivity contribution in [2.45, 2.75) is 39.5 Å². The van der Waals surface area contributed by atoms with Gasteiger partial charge in [-0.15, -0.1) is 0 Å². The fourth-order valence-electron chi connectivity index (χ4n) is 4.46. The Hall–Kier alpha value is -3.35. The second kappa shape index (κ2) is 11.7. The van der Waals surface area contributed by atoms with Crippen LogP contribution in [-0.2, 0) is 14.3 Å². The molecule has 0 radical (unpaired) electrons. The molecule has 7 nitrogen and oxygen atoms in total. The maximum atomic E-state index is 12.7. The Labute approximate surface area is 200 Å². The van der Waals surface area contributed by atoms with Crippen molar-refractivity contribution >= 4 is 18.0 Å². The lowest BCUT2D eigenvalue weighted by Crippen LogP contribution is -2.43. The zero-order valence-electron chi connectivity index (χ0n) is 20.0. The van der Waals surface area contributed by atoms with Crippen molar-refractivity contribution in [3.8, 4) is 11.1 Å². The Morgan fingerprint density at radius 1 is 0.941 bits per heavy atom. The first-order valence-corrected chi connectivity index (χ1v) is 11.9. The van der Waals surface area contributed by atoms with E-state index in [0.29, 0.717) is 13.0 Å². The summed E-state index contributed by atoms with van der Waals surface area (Å²) < 4.78 is 5.56. The third-order valence-electron chi connectivity index (χ3n) is 6.56. The molecule has 2 aromatic carbocycles. The van der Waals surface area contributed by atoms with Crippen LogP contribution in [0.25, 0.3) is 11.1 Å². The molecule has 2 atom stereocenters. The quantitative estimate of drug-likeness (QED) is 0.455. The second-order valence-corrected chi connectivity index (χ2v) is 9.17. The average Bonchev–Trinajstić information content (AvgIpc) is 3.13. The van der Waals surface area contributed by atoms with E-state index in [1.54, 1.807) is 0 Å². The lowest BCUT2D eigenvalue weighted by Gasteiger charge is -2.22. The highest BCUT2D eigenvalue weighted by molar-refractivity contribution is 5.80. The van der Waals surface area contributed by atoms with Crippen LogP contribution in [0, 0.1) is 17.8 Å². The lowest BCUT2D eigenvalue weighted by atomic mass is 9.94. The van der Waals surface area contributed by atoms with Gasteiger partial charge >= 0.3 is 12.1 Å². The normalized spacial score (nSPS) is 14.1. The van der Waals surface area contributed by atoms with Crippen LogP contribution in [0.3, 0.4) is 0 Å². The molecule has 3 N–H and O–H groups in total. The highest BCUT2D eigenvalue weighted by Gasteiger charge is 2.29. The predicted octanol–water partition coefficient (Wildman–Crippen LogP) is 4.41. The summed E-state index contributed by atoms with van der Waals surface area (Å²) >= 11 is 0. The van der Waals surface area contributed by atoms with Gasteiger partial charge in [0.15, 0.2) is 0 Å². The number of carbonyl (C=O) groups excluding carboxylic acids is 2. The topological polar surface area (TPSA) is 105 Å². The van der Waals surface area contributed by atoms with Crippen LogP contribution >= 0.6 is 0 Å². The van der Waals surface area contributed by atoms with E-state index in [1.165, 1.54) is 0 Å². The number of carboxylic acids is 1. The Morgan fingerprint density at radius 2 is 1.53 bits per heavy atom. The molecule has 2 aromatic rings. The van der Waals surface area contributed by atoms with Gasteiger partial charge in [-0.2, -0.15) is 0 Å². The van der Waals surface area contributed by atoms with Gasteiger partial charge in [0, 0.05) is 25.4 Å². The average molecular weight is 467 g/mol. The minimum atomic E-state index is -0.876. The summed E-state index contributed by atoms with van der Waals surface area (Å²) in [7, 11) is 0. The van der Waals surface area contributed by atoms with Crippen LogP contribution in [0.1, 0.15) is 50.7 Å². The van der Waals surface area contributed by atoms with Crippen molar-refractivity contribution in [1.82, 2.24) is 10.6 Å². The number of alkyl carbamates (subject to hydrolysis) is 1. The first kappa shape index (κ1) is 25.3. The van der Waals surface area contributed by atoms with Crippen LogP contribution in [0.15, 0.2) is 48.5 Å². The molecule has 1 aliphatic carbocycles. The first-order valence-electron chi connectivity index (χ1n) is 11.9. The number of rotatable bonds is 11. The summed E-state index contributed by atoms with van der Waals surface area (Å²) in [5.41, 5.74) is 4.61. The smallest absolute Gasteiger partial charge is 0.407 e. The van der Waals surface area contributed by atoms with E-state index >= 15 is 0 Å². The summed E-state index contributed by atoms with van der Waals surface area (Å²) in [6.07, 6.45) is 0.121. The van der Waals surface area contributed by atoms with Crippen molar-refractivity contribution in [2.75, 3.05) is 19.7 Å². The van der Waals surface area contributed by atoms with Crippen LogP contribution in [0.4, 0.5) is 4.79 Å². The van der Waals surface area contributed by atoms with Gasteiger partial charge in [0.2, 0.25) is 5.91 Å². The van der Waals surface area contributed by atoms with E-state index in [4.69, 9.17) is 9.84 Å². The maximum Gasteiger partial charge on any atom is 0.407 e. The van der Waals surface area contributed by atoms with Crippen molar-refractivity contribution < 1.29 is 24.2 Å². The molecular weight excluding hydrogens is 432 g/mol.